The van der Waals surface area contributed by atoms with Crippen molar-refractivity contribution in [3.05, 3.63) is 60.1 Å². The first-order valence-corrected chi connectivity index (χ1v) is 9.99. The topological polar surface area (TPSA) is 92.4 Å². The highest BCUT2D eigenvalue weighted by Gasteiger charge is 2.42. The number of benzene rings is 1. The number of amides is 2. The van der Waals surface area contributed by atoms with Crippen LogP contribution in [0.2, 0.25) is 0 Å². The van der Waals surface area contributed by atoms with Crippen LogP contribution in [-0.4, -0.2) is 51.5 Å². The number of anilines is 1. The first-order valence-electron chi connectivity index (χ1n) is 9.99. The summed E-state index contributed by atoms with van der Waals surface area (Å²) >= 11 is 0. The molecule has 2 aliphatic rings. The van der Waals surface area contributed by atoms with E-state index in [4.69, 9.17) is 4.52 Å². The molecule has 0 N–H and O–H groups in total. The summed E-state index contributed by atoms with van der Waals surface area (Å²) in [6.07, 6.45) is 1.93. The molecular formula is C22H21N5O3. The molecule has 0 radical (unpaired) electrons. The van der Waals surface area contributed by atoms with Crippen molar-refractivity contribution in [3.63, 3.8) is 0 Å². The Bertz CT molecular complexity index is 1070. The van der Waals surface area contributed by atoms with Crippen LogP contribution in [0.1, 0.15) is 23.8 Å². The summed E-state index contributed by atoms with van der Waals surface area (Å²) in [6, 6.07) is 13.3. The van der Waals surface area contributed by atoms with E-state index in [1.807, 2.05) is 49.4 Å². The number of aryl methyl sites for hydroxylation is 1. The lowest BCUT2D eigenvalue weighted by Gasteiger charge is -2.38. The molecule has 2 aliphatic heterocycles. The van der Waals surface area contributed by atoms with Crippen molar-refractivity contribution < 1.29 is 14.1 Å². The fourth-order valence-electron chi connectivity index (χ4n) is 3.92. The molecule has 0 saturated carbocycles. The number of nitrogens with zero attached hydrogens (tertiary/aromatic N) is 5. The molecule has 152 valence electrons. The number of hydrogen-bond donors (Lipinski definition) is 0. The van der Waals surface area contributed by atoms with Crippen LogP contribution in [0.25, 0.3) is 11.5 Å². The average Bonchev–Trinajstić information content (AvgIpc) is 3.35. The lowest BCUT2D eigenvalue weighted by Crippen LogP contribution is -2.51. The fraction of sp³-hybridized carbons (Fsp3) is 0.318. The van der Waals surface area contributed by atoms with Crippen LogP contribution < -0.4 is 4.90 Å². The maximum atomic E-state index is 12.9. The molecule has 5 rings (SSSR count). The summed E-state index contributed by atoms with van der Waals surface area (Å²) in [5.74, 6) is 0.676. The summed E-state index contributed by atoms with van der Waals surface area (Å²) in [7, 11) is 0. The molecule has 4 heterocycles. The number of hydrogen-bond acceptors (Lipinski definition) is 6. The molecule has 0 spiro atoms. The van der Waals surface area contributed by atoms with E-state index in [9.17, 15) is 9.59 Å². The molecule has 8 nitrogen and oxygen atoms in total. The Labute approximate surface area is 173 Å². The summed E-state index contributed by atoms with van der Waals surface area (Å²) < 4.78 is 5.38. The average molecular weight is 403 g/mol. The monoisotopic (exact) mass is 403 g/mol. The van der Waals surface area contributed by atoms with Crippen LogP contribution in [-0.2, 0) is 9.59 Å². The maximum Gasteiger partial charge on any atom is 0.233 e. The highest BCUT2D eigenvalue weighted by atomic mass is 16.5. The molecule has 2 amide bonds. The molecule has 0 aliphatic carbocycles. The summed E-state index contributed by atoms with van der Waals surface area (Å²) in [5, 5.41) is 3.99. The molecule has 8 heteroatoms. The number of carbonyl (C=O) groups excluding carboxylic acids is 2. The van der Waals surface area contributed by atoms with Crippen molar-refractivity contribution in [2.75, 3.05) is 24.5 Å². The zero-order valence-corrected chi connectivity index (χ0v) is 16.6. The van der Waals surface area contributed by atoms with E-state index < -0.39 is 0 Å². The standard InChI is InChI=1S/C22H21N5O3/c1-14-5-7-17(8-6-14)27-13-15(10-19(27)28)22(29)26-11-16(12-26)21-24-20(25-30-21)18-4-2-3-9-23-18/h2-9,15-16H,10-13H2,1H3. The van der Waals surface area contributed by atoms with Crippen molar-refractivity contribution in [2.24, 2.45) is 5.92 Å². The molecule has 1 aromatic carbocycles. The molecule has 3 aromatic rings. The minimum atomic E-state index is -0.313. The van der Waals surface area contributed by atoms with E-state index in [2.05, 4.69) is 15.1 Å². The summed E-state index contributed by atoms with van der Waals surface area (Å²) in [5.41, 5.74) is 2.63. The van der Waals surface area contributed by atoms with Crippen LogP contribution in [0, 0.1) is 12.8 Å². The number of pyridine rings is 1. The Balaban J connectivity index is 1.20. The van der Waals surface area contributed by atoms with E-state index in [-0.39, 0.29) is 30.1 Å². The van der Waals surface area contributed by atoms with Gasteiger partial charge in [-0.1, -0.05) is 28.9 Å². The zero-order chi connectivity index (χ0) is 20.7. The van der Waals surface area contributed by atoms with Gasteiger partial charge < -0.3 is 14.3 Å². The first-order chi connectivity index (χ1) is 14.6. The van der Waals surface area contributed by atoms with E-state index in [0.29, 0.717) is 37.0 Å². The zero-order valence-electron chi connectivity index (χ0n) is 16.6. The van der Waals surface area contributed by atoms with Gasteiger partial charge in [0, 0.05) is 37.9 Å². The van der Waals surface area contributed by atoms with Crippen molar-refractivity contribution in [1.82, 2.24) is 20.0 Å². The van der Waals surface area contributed by atoms with Crippen molar-refractivity contribution in [3.8, 4) is 11.5 Å². The maximum absolute atomic E-state index is 12.9. The summed E-state index contributed by atoms with van der Waals surface area (Å²) in [4.78, 5) is 37.4. The van der Waals surface area contributed by atoms with Crippen molar-refractivity contribution in [1.29, 1.82) is 0 Å². The molecule has 1 atom stereocenters. The van der Waals surface area contributed by atoms with Gasteiger partial charge in [-0.05, 0) is 31.2 Å². The molecule has 2 aromatic heterocycles. The number of rotatable bonds is 4. The quantitative estimate of drug-likeness (QED) is 0.664. The van der Waals surface area contributed by atoms with Gasteiger partial charge in [0.1, 0.15) is 5.69 Å². The van der Waals surface area contributed by atoms with Gasteiger partial charge in [-0.2, -0.15) is 4.98 Å². The van der Waals surface area contributed by atoms with Gasteiger partial charge in [-0.3, -0.25) is 14.6 Å². The smallest absolute Gasteiger partial charge is 0.233 e. The molecule has 0 bridgehead atoms. The Morgan fingerprint density at radius 2 is 1.90 bits per heavy atom. The third-order valence-corrected chi connectivity index (χ3v) is 5.70. The molecular weight excluding hydrogens is 382 g/mol. The largest absolute Gasteiger partial charge is 0.341 e. The molecule has 2 fully saturated rings. The first kappa shape index (κ1) is 18.5. The second kappa shape index (κ2) is 7.37. The molecule has 30 heavy (non-hydrogen) atoms. The second-order valence-electron chi connectivity index (χ2n) is 7.85. The van der Waals surface area contributed by atoms with Crippen LogP contribution in [0.4, 0.5) is 5.69 Å². The number of carbonyl (C=O) groups is 2. The highest BCUT2D eigenvalue weighted by molar-refractivity contribution is 6.00. The normalized spacial score (nSPS) is 19.2. The van der Waals surface area contributed by atoms with E-state index in [0.717, 1.165) is 11.3 Å². The van der Waals surface area contributed by atoms with Gasteiger partial charge in [0.15, 0.2) is 0 Å². The van der Waals surface area contributed by atoms with Crippen LogP contribution in [0.5, 0.6) is 0 Å². The predicted octanol–water partition coefficient (Wildman–Crippen LogP) is 2.42. The second-order valence-corrected chi connectivity index (χ2v) is 7.85. The van der Waals surface area contributed by atoms with E-state index in [1.165, 1.54) is 0 Å². The summed E-state index contributed by atoms with van der Waals surface area (Å²) in [6.45, 7) is 3.48. The Hall–Kier alpha value is -3.55. The van der Waals surface area contributed by atoms with Gasteiger partial charge in [0.05, 0.1) is 11.8 Å². The predicted molar refractivity (Wildman–Crippen MR) is 108 cm³/mol. The van der Waals surface area contributed by atoms with Gasteiger partial charge in [-0.15, -0.1) is 0 Å². The third-order valence-electron chi connectivity index (χ3n) is 5.70. The lowest BCUT2D eigenvalue weighted by molar-refractivity contribution is -0.140. The van der Waals surface area contributed by atoms with Gasteiger partial charge in [0.2, 0.25) is 23.5 Å². The minimum Gasteiger partial charge on any atom is -0.341 e. The number of likely N-dealkylation sites (tertiary alicyclic amines) is 1. The fourth-order valence-corrected chi connectivity index (χ4v) is 3.92. The third kappa shape index (κ3) is 3.34. The Kier molecular flexibility index (Phi) is 4.54. The molecule has 2 saturated heterocycles. The van der Waals surface area contributed by atoms with E-state index >= 15 is 0 Å². The Morgan fingerprint density at radius 1 is 1.10 bits per heavy atom. The lowest BCUT2D eigenvalue weighted by atomic mass is 9.96. The van der Waals surface area contributed by atoms with Gasteiger partial charge in [-0.25, -0.2) is 0 Å². The molecule has 1 unspecified atom stereocenters. The van der Waals surface area contributed by atoms with Crippen molar-refractivity contribution >= 4 is 17.5 Å². The van der Waals surface area contributed by atoms with Crippen LogP contribution >= 0.6 is 0 Å². The van der Waals surface area contributed by atoms with E-state index in [1.54, 1.807) is 16.0 Å². The van der Waals surface area contributed by atoms with Gasteiger partial charge >= 0.3 is 0 Å². The van der Waals surface area contributed by atoms with Crippen molar-refractivity contribution in [2.45, 2.75) is 19.3 Å². The van der Waals surface area contributed by atoms with Crippen LogP contribution in [0.15, 0.2) is 53.2 Å². The highest BCUT2D eigenvalue weighted by Crippen LogP contribution is 2.32. The minimum absolute atomic E-state index is 0.00817. The number of aromatic nitrogens is 3. The van der Waals surface area contributed by atoms with Gasteiger partial charge in [0.25, 0.3) is 0 Å². The SMILES string of the molecule is Cc1ccc(N2CC(C(=O)N3CC(c4nc(-c5ccccn5)no4)C3)CC2=O)cc1. The Morgan fingerprint density at radius 3 is 2.63 bits per heavy atom. The van der Waals surface area contributed by atoms with Crippen LogP contribution in [0.3, 0.4) is 0 Å².